The van der Waals surface area contributed by atoms with Gasteiger partial charge in [0, 0.05) is 36.6 Å². The van der Waals surface area contributed by atoms with Gasteiger partial charge >= 0.3 is 0 Å². The van der Waals surface area contributed by atoms with E-state index in [4.69, 9.17) is 4.74 Å². The van der Waals surface area contributed by atoms with Gasteiger partial charge in [-0.1, -0.05) is 24.3 Å². The van der Waals surface area contributed by atoms with Gasteiger partial charge < -0.3 is 15.0 Å². The Bertz CT molecular complexity index is 1890. The van der Waals surface area contributed by atoms with Crippen molar-refractivity contribution in [1.29, 1.82) is 0 Å². The summed E-state index contributed by atoms with van der Waals surface area (Å²) in [5.74, 6) is 0.00882. The van der Waals surface area contributed by atoms with E-state index in [1.54, 1.807) is 48.5 Å². The van der Waals surface area contributed by atoms with Gasteiger partial charge in [-0.25, -0.2) is 16.8 Å². The van der Waals surface area contributed by atoms with Crippen LogP contribution < -0.4 is 24.0 Å². The number of rotatable bonds is 11. The fourth-order valence-electron chi connectivity index (χ4n) is 5.19. The molecule has 1 aliphatic heterocycles. The maximum atomic E-state index is 13.6. The Morgan fingerprint density at radius 3 is 2.27 bits per heavy atom. The number of carbonyl (C=O) groups excluding carboxylic acids is 1. The van der Waals surface area contributed by atoms with Crippen LogP contribution in [0.4, 0.5) is 22.7 Å². The lowest BCUT2D eigenvalue weighted by molar-refractivity contribution is 0.102. The van der Waals surface area contributed by atoms with Crippen molar-refractivity contribution in [1.82, 2.24) is 0 Å². The van der Waals surface area contributed by atoms with Gasteiger partial charge in [0.1, 0.15) is 10.6 Å². The van der Waals surface area contributed by atoms with Crippen LogP contribution in [0.1, 0.15) is 29.8 Å². The fraction of sp³-hybridized carbons (Fsp3) is 0.219. The molecule has 2 N–H and O–H groups in total. The number of ether oxygens (including phenoxy) is 1. The van der Waals surface area contributed by atoms with Crippen molar-refractivity contribution in [2.75, 3.05) is 46.0 Å². The maximum Gasteiger partial charge on any atom is 0.264 e. The zero-order chi connectivity index (χ0) is 31.5. The third-order valence-corrected chi connectivity index (χ3v) is 10.7. The van der Waals surface area contributed by atoms with Crippen LogP contribution in [0.5, 0.6) is 5.75 Å². The molecule has 0 saturated heterocycles. The molecule has 0 aromatic heterocycles. The molecule has 4 aromatic rings. The lowest BCUT2D eigenvalue weighted by Crippen LogP contribution is -2.29. The Morgan fingerprint density at radius 2 is 1.57 bits per heavy atom. The third kappa shape index (κ3) is 6.22. The van der Waals surface area contributed by atoms with E-state index in [2.05, 4.69) is 10.0 Å². The third-order valence-electron chi connectivity index (χ3n) is 7.48. The number of nitrogens with one attached hydrogen (secondary N) is 2. The van der Waals surface area contributed by atoms with E-state index in [1.807, 2.05) is 30.9 Å². The molecule has 1 aliphatic rings. The highest BCUT2D eigenvalue weighted by molar-refractivity contribution is 7.93. The monoisotopic (exact) mass is 634 g/mol. The molecule has 0 saturated carbocycles. The molecular weight excluding hydrogens is 601 g/mol. The highest BCUT2D eigenvalue weighted by Crippen LogP contribution is 2.34. The normalized spacial score (nSPS) is 12.8. The molecule has 0 unspecified atom stereocenters. The molecule has 0 fully saturated rings. The summed E-state index contributed by atoms with van der Waals surface area (Å²) < 4.78 is 63.5. The molecule has 230 valence electrons. The highest BCUT2D eigenvalue weighted by atomic mass is 32.2. The van der Waals surface area contributed by atoms with Crippen LogP contribution in [0, 0.1) is 0 Å². The number of nitrogens with zero attached hydrogens (tertiary/aromatic N) is 2. The summed E-state index contributed by atoms with van der Waals surface area (Å²) in [4.78, 5) is 15.2. The number of anilines is 4. The quantitative estimate of drug-likeness (QED) is 0.228. The molecule has 4 aromatic carbocycles. The maximum absolute atomic E-state index is 13.6. The first-order valence-corrected chi connectivity index (χ1v) is 17.1. The number of amides is 1. The molecule has 5 rings (SSSR count). The molecule has 1 heterocycles. The summed E-state index contributed by atoms with van der Waals surface area (Å²) >= 11 is 0. The van der Waals surface area contributed by atoms with Crippen molar-refractivity contribution < 1.29 is 26.4 Å². The van der Waals surface area contributed by atoms with Crippen molar-refractivity contribution in [3.05, 3.63) is 102 Å². The second-order valence-electron chi connectivity index (χ2n) is 10.1. The van der Waals surface area contributed by atoms with Gasteiger partial charge in [0.2, 0.25) is 0 Å². The van der Waals surface area contributed by atoms with Crippen molar-refractivity contribution in [3.8, 4) is 5.75 Å². The minimum atomic E-state index is -4.08. The smallest absolute Gasteiger partial charge is 0.264 e. The lowest BCUT2D eigenvalue weighted by Gasteiger charge is -2.25. The Morgan fingerprint density at radius 1 is 0.864 bits per heavy atom. The largest absolute Gasteiger partial charge is 0.497 e. The number of benzene rings is 4. The lowest BCUT2D eigenvalue weighted by atomic mass is 10.2. The molecule has 0 atom stereocenters. The summed E-state index contributed by atoms with van der Waals surface area (Å²) in [7, 11) is -6.47. The average molecular weight is 635 g/mol. The van der Waals surface area contributed by atoms with E-state index in [0.717, 1.165) is 5.56 Å². The molecule has 12 heteroatoms. The first-order valence-electron chi connectivity index (χ1n) is 14.1. The predicted molar refractivity (Wildman–Crippen MR) is 173 cm³/mol. The minimum absolute atomic E-state index is 0.00862. The standard InChI is InChI=1S/C32H34N4O6S2/c1-4-35(5-2)30-18-15-26(22-31(30)43(38,39)34-25-13-16-27(42-3)17-14-25)33-32(37)24-10-8-11-28(21-24)44(40,41)36-20-19-23-9-6-7-12-29(23)36/h6-18,21-22,34H,4-5,19-20H2,1-3H3,(H,33,37). The summed E-state index contributed by atoms with van der Waals surface area (Å²) in [6.45, 7) is 5.30. The first-order chi connectivity index (χ1) is 21.1. The van der Waals surface area contributed by atoms with Gasteiger partial charge in [-0.3, -0.25) is 13.8 Å². The average Bonchev–Trinajstić information content (AvgIpc) is 3.48. The van der Waals surface area contributed by atoms with E-state index in [1.165, 1.54) is 41.7 Å². The topological polar surface area (TPSA) is 125 Å². The molecule has 10 nitrogen and oxygen atoms in total. The number of hydrogen-bond acceptors (Lipinski definition) is 7. The summed E-state index contributed by atoms with van der Waals surface area (Å²) in [5.41, 5.74) is 2.77. The van der Waals surface area contributed by atoms with Gasteiger partial charge in [-0.05, 0) is 92.6 Å². The van der Waals surface area contributed by atoms with E-state index in [0.29, 0.717) is 48.9 Å². The second-order valence-corrected chi connectivity index (χ2v) is 13.6. The van der Waals surface area contributed by atoms with Crippen molar-refractivity contribution in [2.24, 2.45) is 0 Å². The van der Waals surface area contributed by atoms with Gasteiger partial charge in [-0.15, -0.1) is 0 Å². The van der Waals surface area contributed by atoms with Gasteiger partial charge in [-0.2, -0.15) is 0 Å². The Hall–Kier alpha value is -4.55. The SMILES string of the molecule is CCN(CC)c1ccc(NC(=O)c2cccc(S(=O)(=O)N3CCc4ccccc43)c2)cc1S(=O)(=O)Nc1ccc(OC)cc1. The molecule has 0 spiro atoms. The van der Waals surface area contributed by atoms with Crippen LogP contribution in [0.15, 0.2) is 101 Å². The number of hydrogen-bond donors (Lipinski definition) is 2. The van der Waals surface area contributed by atoms with Crippen LogP contribution >= 0.6 is 0 Å². The Balaban J connectivity index is 1.43. The Labute approximate surface area is 258 Å². The van der Waals surface area contributed by atoms with Crippen molar-refractivity contribution in [2.45, 2.75) is 30.1 Å². The highest BCUT2D eigenvalue weighted by Gasteiger charge is 2.31. The van der Waals surface area contributed by atoms with Crippen LogP contribution in [0.25, 0.3) is 0 Å². The van der Waals surface area contributed by atoms with Gasteiger partial charge in [0.15, 0.2) is 0 Å². The molecule has 1 amide bonds. The van der Waals surface area contributed by atoms with E-state index < -0.39 is 26.0 Å². The first kappa shape index (κ1) is 30.9. The van der Waals surface area contributed by atoms with E-state index >= 15 is 0 Å². The number of carbonyl (C=O) groups is 1. The molecule has 0 bridgehead atoms. The van der Waals surface area contributed by atoms with Crippen LogP contribution in [0.3, 0.4) is 0 Å². The second kappa shape index (κ2) is 12.6. The Kier molecular flexibility index (Phi) is 8.84. The predicted octanol–water partition coefficient (Wildman–Crippen LogP) is 5.35. The summed E-state index contributed by atoms with van der Waals surface area (Å²) in [6.07, 6.45) is 0.609. The summed E-state index contributed by atoms with van der Waals surface area (Å²) in [6, 6.07) is 24.3. The molecular formula is C32H34N4O6S2. The van der Waals surface area contributed by atoms with E-state index in [9.17, 15) is 21.6 Å². The van der Waals surface area contributed by atoms with Crippen LogP contribution in [-0.4, -0.2) is 49.5 Å². The molecule has 0 aliphatic carbocycles. The van der Waals surface area contributed by atoms with E-state index in [-0.39, 0.29) is 21.0 Å². The van der Waals surface area contributed by atoms with Crippen LogP contribution in [-0.2, 0) is 26.5 Å². The number of para-hydroxylation sites is 1. The zero-order valence-corrected chi connectivity index (χ0v) is 26.3. The van der Waals surface area contributed by atoms with Gasteiger partial charge in [0.05, 0.1) is 23.4 Å². The molecule has 0 radical (unpaired) electrons. The zero-order valence-electron chi connectivity index (χ0n) is 24.6. The van der Waals surface area contributed by atoms with Crippen molar-refractivity contribution in [3.63, 3.8) is 0 Å². The minimum Gasteiger partial charge on any atom is -0.497 e. The molecule has 44 heavy (non-hydrogen) atoms. The number of sulfonamides is 2. The number of methoxy groups -OCH3 is 1. The van der Waals surface area contributed by atoms with Crippen LogP contribution in [0.2, 0.25) is 0 Å². The van der Waals surface area contributed by atoms with Crippen molar-refractivity contribution >= 4 is 48.7 Å². The number of fused-ring (bicyclic) bond motifs is 1. The summed E-state index contributed by atoms with van der Waals surface area (Å²) in [5, 5.41) is 2.74. The fourth-order valence-corrected chi connectivity index (χ4v) is 8.05. The van der Waals surface area contributed by atoms with Gasteiger partial charge in [0.25, 0.3) is 26.0 Å².